The fourth-order valence-corrected chi connectivity index (χ4v) is 17.9. The molecule has 1 aliphatic heterocycles. The van der Waals surface area contributed by atoms with Gasteiger partial charge in [0.15, 0.2) is 0 Å². The van der Waals surface area contributed by atoms with Crippen molar-refractivity contribution in [3.05, 3.63) is 0 Å². The standard InChI is InChI=1S/C12H25NOSi2/c1-12(8-6-7-9-14)13-15(2,3)10-11-16(13,4)5/h12,14H,7,9-11H2,1-5H3. The molecular weight excluding hydrogens is 230 g/mol. The highest BCUT2D eigenvalue weighted by molar-refractivity contribution is 6.95. The van der Waals surface area contributed by atoms with Gasteiger partial charge in [-0.3, -0.25) is 0 Å². The van der Waals surface area contributed by atoms with Crippen molar-refractivity contribution < 1.29 is 5.11 Å². The molecule has 0 aromatic carbocycles. The lowest BCUT2D eigenvalue weighted by atomic mass is 10.3. The summed E-state index contributed by atoms with van der Waals surface area (Å²) < 4.78 is 2.80. The molecule has 0 aromatic heterocycles. The molecule has 1 N–H and O–H groups in total. The summed E-state index contributed by atoms with van der Waals surface area (Å²) in [6.07, 6.45) is 0.613. The Morgan fingerprint density at radius 1 is 1.19 bits per heavy atom. The lowest BCUT2D eigenvalue weighted by Crippen LogP contribution is -2.58. The highest BCUT2D eigenvalue weighted by Crippen LogP contribution is 2.38. The lowest BCUT2D eigenvalue weighted by Gasteiger charge is -2.41. The third-order valence-electron chi connectivity index (χ3n) is 3.59. The van der Waals surface area contributed by atoms with Crippen LogP contribution >= 0.6 is 0 Å². The van der Waals surface area contributed by atoms with E-state index in [-0.39, 0.29) is 6.61 Å². The van der Waals surface area contributed by atoms with Crippen molar-refractivity contribution in [2.45, 2.75) is 57.7 Å². The van der Waals surface area contributed by atoms with E-state index in [0.29, 0.717) is 12.5 Å². The fraction of sp³-hybridized carbons (Fsp3) is 0.833. The van der Waals surface area contributed by atoms with Crippen LogP contribution in [0, 0.1) is 11.8 Å². The van der Waals surface area contributed by atoms with Crippen molar-refractivity contribution in [1.82, 2.24) is 4.23 Å². The molecular formula is C12H25NOSi2. The number of nitrogens with zero attached hydrogens (tertiary/aromatic N) is 1. The van der Waals surface area contributed by atoms with Crippen LogP contribution in [0.1, 0.15) is 13.3 Å². The molecule has 0 saturated carbocycles. The zero-order valence-corrected chi connectivity index (χ0v) is 13.3. The number of hydrogen-bond acceptors (Lipinski definition) is 2. The molecule has 1 rings (SSSR count). The Labute approximate surface area is 102 Å². The van der Waals surface area contributed by atoms with Gasteiger partial charge in [-0.15, -0.1) is 0 Å². The summed E-state index contributed by atoms with van der Waals surface area (Å²) in [4.78, 5) is 0. The summed E-state index contributed by atoms with van der Waals surface area (Å²) in [6.45, 7) is 12.3. The van der Waals surface area contributed by atoms with Crippen LogP contribution in [0.25, 0.3) is 0 Å². The van der Waals surface area contributed by atoms with Gasteiger partial charge in [0.25, 0.3) is 0 Å². The molecule has 0 spiro atoms. The maximum Gasteiger partial charge on any atom is 0.116 e. The van der Waals surface area contributed by atoms with Crippen LogP contribution in [0.5, 0.6) is 0 Å². The first-order valence-electron chi connectivity index (χ1n) is 6.20. The number of aliphatic hydroxyl groups is 1. The SMILES string of the molecule is CC(C#CCCO)N1[Si](C)(C)CC[Si]1(C)C. The van der Waals surface area contributed by atoms with Gasteiger partial charge in [-0.2, -0.15) is 0 Å². The predicted octanol–water partition coefficient (Wildman–Crippen LogP) is 2.49. The second-order valence-corrected chi connectivity index (χ2v) is 15.6. The molecule has 0 aliphatic carbocycles. The van der Waals surface area contributed by atoms with Gasteiger partial charge in [0, 0.05) is 6.42 Å². The van der Waals surface area contributed by atoms with Gasteiger partial charge in [-0.05, 0) is 19.0 Å². The van der Waals surface area contributed by atoms with Crippen molar-refractivity contribution in [1.29, 1.82) is 0 Å². The van der Waals surface area contributed by atoms with Crippen LogP contribution in [0.15, 0.2) is 0 Å². The first-order valence-corrected chi connectivity index (χ1v) is 12.5. The molecule has 0 bridgehead atoms. The van der Waals surface area contributed by atoms with Crippen LogP contribution in [-0.4, -0.2) is 38.5 Å². The van der Waals surface area contributed by atoms with Gasteiger partial charge in [0.1, 0.15) is 16.5 Å². The predicted molar refractivity (Wildman–Crippen MR) is 75.4 cm³/mol. The molecule has 1 saturated heterocycles. The largest absolute Gasteiger partial charge is 0.395 e. The van der Waals surface area contributed by atoms with E-state index in [4.69, 9.17) is 5.11 Å². The minimum absolute atomic E-state index is 0.182. The van der Waals surface area contributed by atoms with Gasteiger partial charge in [0.2, 0.25) is 0 Å². The average molecular weight is 256 g/mol. The van der Waals surface area contributed by atoms with E-state index in [9.17, 15) is 0 Å². The van der Waals surface area contributed by atoms with Gasteiger partial charge < -0.3 is 9.34 Å². The minimum atomic E-state index is -1.20. The Kier molecular flexibility index (Phi) is 4.41. The van der Waals surface area contributed by atoms with Gasteiger partial charge in [-0.25, -0.2) is 0 Å². The quantitative estimate of drug-likeness (QED) is 0.605. The van der Waals surface area contributed by atoms with E-state index in [1.807, 2.05) is 0 Å². The summed E-state index contributed by atoms with van der Waals surface area (Å²) in [5.41, 5.74) is 0. The zero-order valence-electron chi connectivity index (χ0n) is 11.3. The molecule has 2 nitrogen and oxygen atoms in total. The molecule has 1 heterocycles. The molecule has 0 radical (unpaired) electrons. The van der Waals surface area contributed by atoms with E-state index in [0.717, 1.165) is 0 Å². The highest BCUT2D eigenvalue weighted by atomic mass is 28.4. The molecule has 0 aromatic rings. The Balaban J connectivity index is 2.81. The van der Waals surface area contributed by atoms with E-state index in [2.05, 4.69) is 49.2 Å². The molecule has 16 heavy (non-hydrogen) atoms. The van der Waals surface area contributed by atoms with Crippen LogP contribution in [0.4, 0.5) is 0 Å². The van der Waals surface area contributed by atoms with Gasteiger partial charge in [-0.1, -0.05) is 38.0 Å². The molecule has 4 heteroatoms. The monoisotopic (exact) mass is 255 g/mol. The first-order chi connectivity index (χ1) is 7.31. The van der Waals surface area contributed by atoms with Gasteiger partial charge in [0.05, 0.1) is 12.6 Å². The normalized spacial score (nSPS) is 24.9. The lowest BCUT2D eigenvalue weighted by molar-refractivity contribution is 0.305. The molecule has 92 valence electrons. The number of hydrogen-bond donors (Lipinski definition) is 1. The summed E-state index contributed by atoms with van der Waals surface area (Å²) in [5.74, 6) is 6.41. The Morgan fingerprint density at radius 2 is 1.69 bits per heavy atom. The van der Waals surface area contributed by atoms with Crippen LogP contribution in [0.2, 0.25) is 38.3 Å². The van der Waals surface area contributed by atoms with Crippen LogP contribution in [0.3, 0.4) is 0 Å². The molecule has 1 fully saturated rings. The number of rotatable bonds is 2. The average Bonchev–Trinajstić information content (AvgIpc) is 2.36. The summed E-state index contributed by atoms with van der Waals surface area (Å²) in [6, 6.07) is 3.24. The van der Waals surface area contributed by atoms with E-state index < -0.39 is 16.5 Å². The third kappa shape index (κ3) is 2.98. The fourth-order valence-electron chi connectivity index (χ4n) is 3.06. The second kappa shape index (κ2) is 5.05. The van der Waals surface area contributed by atoms with Crippen LogP contribution < -0.4 is 0 Å². The maximum atomic E-state index is 8.75. The summed E-state index contributed by atoms with van der Waals surface area (Å²) in [7, 11) is -2.40. The van der Waals surface area contributed by atoms with Crippen molar-refractivity contribution in [2.75, 3.05) is 6.61 Å². The van der Waals surface area contributed by atoms with Crippen molar-refractivity contribution in [2.24, 2.45) is 0 Å². The van der Waals surface area contributed by atoms with Crippen molar-refractivity contribution in [3.8, 4) is 11.8 Å². The molecule has 1 aliphatic rings. The minimum Gasteiger partial charge on any atom is -0.395 e. The van der Waals surface area contributed by atoms with Gasteiger partial charge >= 0.3 is 0 Å². The Morgan fingerprint density at radius 3 is 2.12 bits per heavy atom. The smallest absolute Gasteiger partial charge is 0.116 e. The molecule has 1 unspecified atom stereocenters. The summed E-state index contributed by atoms with van der Waals surface area (Å²) in [5, 5.41) is 8.75. The van der Waals surface area contributed by atoms with E-state index in [1.165, 1.54) is 12.1 Å². The third-order valence-corrected chi connectivity index (χ3v) is 14.1. The Hall–Kier alpha value is -0.0862. The first kappa shape index (κ1) is 14.0. The maximum absolute atomic E-state index is 8.75. The summed E-state index contributed by atoms with van der Waals surface area (Å²) >= 11 is 0. The topological polar surface area (TPSA) is 23.5 Å². The number of aliphatic hydroxyl groups excluding tert-OH is 1. The second-order valence-electron chi connectivity index (χ2n) is 5.97. The highest BCUT2D eigenvalue weighted by Gasteiger charge is 2.48. The van der Waals surface area contributed by atoms with E-state index in [1.54, 1.807) is 0 Å². The Bertz CT molecular complexity index is 288. The van der Waals surface area contributed by atoms with Crippen LogP contribution in [-0.2, 0) is 0 Å². The van der Waals surface area contributed by atoms with Crippen molar-refractivity contribution in [3.63, 3.8) is 0 Å². The van der Waals surface area contributed by atoms with E-state index >= 15 is 0 Å². The zero-order chi connectivity index (χ0) is 12.4. The molecule has 1 atom stereocenters. The molecule has 0 amide bonds. The van der Waals surface area contributed by atoms with Crippen molar-refractivity contribution >= 4 is 16.5 Å².